The van der Waals surface area contributed by atoms with Gasteiger partial charge in [-0.3, -0.25) is 9.59 Å². The first-order valence-electron chi connectivity index (χ1n) is 5.67. The van der Waals surface area contributed by atoms with Crippen molar-refractivity contribution in [2.75, 3.05) is 11.1 Å². The lowest BCUT2D eigenvalue weighted by Crippen LogP contribution is -2.23. The van der Waals surface area contributed by atoms with Crippen molar-refractivity contribution in [2.24, 2.45) is 0 Å². The zero-order chi connectivity index (χ0) is 13.3. The quantitative estimate of drug-likeness (QED) is 0.881. The number of rotatable bonds is 3. The molecule has 2 rings (SSSR count). The minimum Gasteiger partial charge on any atom is -0.481 e. The van der Waals surface area contributed by atoms with Gasteiger partial charge in [0.25, 0.3) is 0 Å². The van der Waals surface area contributed by atoms with Crippen LogP contribution in [0.25, 0.3) is 0 Å². The van der Waals surface area contributed by atoms with Gasteiger partial charge in [-0.1, -0.05) is 19.9 Å². The average Bonchev–Trinajstić information content (AvgIpc) is 2.26. The van der Waals surface area contributed by atoms with E-state index in [-0.39, 0.29) is 12.3 Å². The van der Waals surface area contributed by atoms with Crippen LogP contribution in [0, 0.1) is 0 Å². The number of nitrogens with one attached hydrogen (secondary N) is 1. The molecule has 1 aliphatic rings. The van der Waals surface area contributed by atoms with Crippen LogP contribution >= 0.6 is 11.8 Å². The van der Waals surface area contributed by atoms with Gasteiger partial charge < -0.3 is 10.4 Å². The summed E-state index contributed by atoms with van der Waals surface area (Å²) >= 11 is 1.50. The third kappa shape index (κ3) is 2.67. The fourth-order valence-electron chi connectivity index (χ4n) is 1.98. The van der Waals surface area contributed by atoms with Gasteiger partial charge in [-0.15, -0.1) is 11.8 Å². The molecule has 18 heavy (non-hydrogen) atoms. The highest BCUT2D eigenvalue weighted by molar-refractivity contribution is 8.00. The Morgan fingerprint density at radius 3 is 2.89 bits per heavy atom. The van der Waals surface area contributed by atoms with Gasteiger partial charge in [-0.2, -0.15) is 0 Å². The second kappa shape index (κ2) is 4.65. The molecule has 1 aliphatic heterocycles. The van der Waals surface area contributed by atoms with Crippen molar-refractivity contribution in [2.45, 2.75) is 30.6 Å². The standard InChI is InChI=1S/C13H15NO3S/c1-13(2,6-12(16)17)8-3-4-10-9(5-8)14-11(15)7-18-10/h3-5H,6-7H2,1-2H3,(H,14,15)(H,16,17). The Hall–Kier alpha value is -1.49. The van der Waals surface area contributed by atoms with Crippen molar-refractivity contribution in [3.8, 4) is 0 Å². The van der Waals surface area contributed by atoms with Crippen molar-refractivity contribution in [3.63, 3.8) is 0 Å². The summed E-state index contributed by atoms with van der Waals surface area (Å²) in [6.07, 6.45) is 0.0624. The molecular formula is C13H15NO3S. The molecule has 0 radical (unpaired) electrons. The van der Waals surface area contributed by atoms with E-state index >= 15 is 0 Å². The molecule has 4 nitrogen and oxygen atoms in total. The molecule has 0 saturated carbocycles. The molecule has 0 spiro atoms. The summed E-state index contributed by atoms with van der Waals surface area (Å²) in [6, 6.07) is 5.76. The van der Waals surface area contributed by atoms with Crippen LogP contribution in [0.2, 0.25) is 0 Å². The summed E-state index contributed by atoms with van der Waals surface area (Å²) in [7, 11) is 0. The Labute approximate surface area is 110 Å². The van der Waals surface area contributed by atoms with Crippen molar-refractivity contribution >= 4 is 29.3 Å². The van der Waals surface area contributed by atoms with Crippen molar-refractivity contribution in [3.05, 3.63) is 23.8 Å². The Kier molecular flexibility index (Phi) is 3.34. The second-order valence-electron chi connectivity index (χ2n) is 5.00. The monoisotopic (exact) mass is 265 g/mol. The maximum absolute atomic E-state index is 11.3. The van der Waals surface area contributed by atoms with Gasteiger partial charge in [0.1, 0.15) is 0 Å². The van der Waals surface area contributed by atoms with E-state index in [1.54, 1.807) is 0 Å². The molecule has 0 unspecified atom stereocenters. The SMILES string of the molecule is CC(C)(CC(=O)O)c1ccc2c(c1)NC(=O)CS2. The third-order valence-electron chi connectivity index (χ3n) is 2.99. The number of carbonyl (C=O) groups is 2. The number of carbonyl (C=O) groups excluding carboxylic acids is 1. The van der Waals surface area contributed by atoms with E-state index in [2.05, 4.69) is 5.32 Å². The topological polar surface area (TPSA) is 66.4 Å². The van der Waals surface area contributed by atoms with Gasteiger partial charge in [0.15, 0.2) is 0 Å². The van der Waals surface area contributed by atoms with E-state index in [4.69, 9.17) is 5.11 Å². The Morgan fingerprint density at radius 1 is 1.50 bits per heavy atom. The highest BCUT2D eigenvalue weighted by Crippen LogP contribution is 2.36. The molecule has 1 amide bonds. The summed E-state index contributed by atoms with van der Waals surface area (Å²) in [5.74, 6) is -0.401. The molecule has 0 fully saturated rings. The molecule has 0 aliphatic carbocycles. The van der Waals surface area contributed by atoms with Gasteiger partial charge in [0, 0.05) is 10.3 Å². The Bertz CT molecular complexity index is 511. The maximum atomic E-state index is 11.3. The van der Waals surface area contributed by atoms with E-state index in [0.29, 0.717) is 5.75 Å². The van der Waals surface area contributed by atoms with Gasteiger partial charge in [0.2, 0.25) is 5.91 Å². The lowest BCUT2D eigenvalue weighted by molar-refractivity contribution is -0.138. The molecule has 1 heterocycles. The van der Waals surface area contributed by atoms with Crippen molar-refractivity contribution in [1.82, 2.24) is 0 Å². The lowest BCUT2D eigenvalue weighted by atomic mass is 9.81. The van der Waals surface area contributed by atoms with E-state index < -0.39 is 11.4 Å². The first kappa shape index (κ1) is 13.0. The van der Waals surface area contributed by atoms with E-state index in [1.165, 1.54) is 11.8 Å². The smallest absolute Gasteiger partial charge is 0.304 e. The Balaban J connectivity index is 2.33. The molecule has 1 aromatic rings. The fraction of sp³-hybridized carbons (Fsp3) is 0.385. The fourth-order valence-corrected chi connectivity index (χ4v) is 2.77. The predicted octanol–water partition coefficient (Wildman–Crippen LogP) is 2.48. The molecule has 96 valence electrons. The molecule has 0 saturated heterocycles. The summed E-state index contributed by atoms with van der Waals surface area (Å²) in [5, 5.41) is 11.7. The van der Waals surface area contributed by atoms with Crippen LogP contribution < -0.4 is 5.32 Å². The van der Waals surface area contributed by atoms with Gasteiger partial charge in [-0.05, 0) is 17.7 Å². The van der Waals surface area contributed by atoms with Crippen LogP contribution in [-0.2, 0) is 15.0 Å². The third-order valence-corrected chi connectivity index (χ3v) is 4.06. The lowest BCUT2D eigenvalue weighted by Gasteiger charge is -2.25. The molecule has 5 heteroatoms. The van der Waals surface area contributed by atoms with Crippen LogP contribution in [0.1, 0.15) is 25.8 Å². The predicted molar refractivity (Wildman–Crippen MR) is 71.1 cm³/mol. The number of hydrogen-bond donors (Lipinski definition) is 2. The highest BCUT2D eigenvalue weighted by Gasteiger charge is 2.26. The van der Waals surface area contributed by atoms with Gasteiger partial charge in [0.05, 0.1) is 17.9 Å². The van der Waals surface area contributed by atoms with Crippen molar-refractivity contribution in [1.29, 1.82) is 0 Å². The van der Waals surface area contributed by atoms with E-state index in [1.807, 2.05) is 32.0 Å². The zero-order valence-electron chi connectivity index (χ0n) is 10.3. The number of hydrogen-bond acceptors (Lipinski definition) is 3. The first-order valence-corrected chi connectivity index (χ1v) is 6.66. The summed E-state index contributed by atoms with van der Waals surface area (Å²) in [6.45, 7) is 3.78. The number of aliphatic carboxylic acids is 1. The summed E-state index contributed by atoms with van der Waals surface area (Å²) < 4.78 is 0. The minimum absolute atomic E-state index is 0.0132. The Morgan fingerprint density at radius 2 is 2.22 bits per heavy atom. The minimum atomic E-state index is -0.823. The zero-order valence-corrected chi connectivity index (χ0v) is 11.1. The molecule has 0 bridgehead atoms. The molecule has 1 aromatic carbocycles. The van der Waals surface area contributed by atoms with Crippen LogP contribution in [-0.4, -0.2) is 22.7 Å². The van der Waals surface area contributed by atoms with E-state index in [9.17, 15) is 9.59 Å². The van der Waals surface area contributed by atoms with Crippen LogP contribution in [0.15, 0.2) is 23.1 Å². The molecule has 2 N–H and O–H groups in total. The maximum Gasteiger partial charge on any atom is 0.304 e. The number of carboxylic acid groups (broad SMARTS) is 1. The van der Waals surface area contributed by atoms with Crippen LogP contribution in [0.3, 0.4) is 0 Å². The largest absolute Gasteiger partial charge is 0.481 e. The normalized spacial score (nSPS) is 14.9. The number of carboxylic acids is 1. The molecular weight excluding hydrogens is 250 g/mol. The number of fused-ring (bicyclic) bond motifs is 1. The first-order chi connectivity index (χ1) is 8.38. The van der Waals surface area contributed by atoms with Crippen LogP contribution in [0.4, 0.5) is 5.69 Å². The molecule has 0 aromatic heterocycles. The number of amides is 1. The van der Waals surface area contributed by atoms with Gasteiger partial charge >= 0.3 is 5.97 Å². The van der Waals surface area contributed by atoms with Gasteiger partial charge in [-0.25, -0.2) is 0 Å². The number of thioether (sulfide) groups is 1. The highest BCUT2D eigenvalue weighted by atomic mass is 32.2. The average molecular weight is 265 g/mol. The number of anilines is 1. The molecule has 0 atom stereocenters. The van der Waals surface area contributed by atoms with Crippen molar-refractivity contribution < 1.29 is 14.7 Å². The number of benzene rings is 1. The second-order valence-corrected chi connectivity index (χ2v) is 6.02. The van der Waals surface area contributed by atoms with Crippen LogP contribution in [0.5, 0.6) is 0 Å². The summed E-state index contributed by atoms with van der Waals surface area (Å²) in [5.41, 5.74) is 1.26. The summed E-state index contributed by atoms with van der Waals surface area (Å²) in [4.78, 5) is 23.2. The van der Waals surface area contributed by atoms with E-state index in [0.717, 1.165) is 16.1 Å².